The van der Waals surface area contributed by atoms with Crippen LogP contribution in [0.25, 0.3) is 11.0 Å². The van der Waals surface area contributed by atoms with Gasteiger partial charge in [0.05, 0.1) is 41.6 Å². The minimum Gasteiger partial charge on any atom is -0.466 e. The normalized spacial score (nSPS) is 18.4. The van der Waals surface area contributed by atoms with Crippen molar-refractivity contribution in [2.75, 3.05) is 6.61 Å². The minimum absolute atomic E-state index is 0.154. The van der Waals surface area contributed by atoms with Gasteiger partial charge in [0.2, 0.25) is 0 Å². The van der Waals surface area contributed by atoms with Crippen LogP contribution < -0.4 is 5.46 Å². The minimum atomic E-state index is -1.18. The monoisotopic (exact) mass is 416 g/mol. The fraction of sp³-hybridized carbons (Fsp3) is 0.619. The number of hydrogen-bond donors (Lipinski definition) is 0. The summed E-state index contributed by atoms with van der Waals surface area (Å²) >= 11 is 0. The second-order valence-corrected chi connectivity index (χ2v) is 15.7. The number of hydrogen-bond acceptors (Lipinski definition) is 5. The number of imidazole rings is 1. The van der Waals surface area contributed by atoms with E-state index in [1.54, 1.807) is 6.33 Å². The van der Waals surface area contributed by atoms with Gasteiger partial charge in [-0.05, 0) is 51.3 Å². The number of fused-ring (bicyclic) bond motifs is 1. The molecule has 1 aliphatic rings. The Balaban J connectivity index is 1.62. The molecular weight excluding hydrogens is 383 g/mol. The lowest BCUT2D eigenvalue weighted by Gasteiger charge is -2.32. The number of rotatable bonds is 7. The molecule has 2 heterocycles. The van der Waals surface area contributed by atoms with Crippen LogP contribution in [0.1, 0.15) is 34.1 Å². The van der Waals surface area contributed by atoms with E-state index in [1.165, 1.54) is 0 Å². The molecule has 0 saturated carbocycles. The van der Waals surface area contributed by atoms with Gasteiger partial charge in [-0.3, -0.25) is 4.79 Å². The van der Waals surface area contributed by atoms with E-state index in [0.29, 0.717) is 19.6 Å². The summed E-state index contributed by atoms with van der Waals surface area (Å²) in [5.74, 6) is -0.154. The van der Waals surface area contributed by atoms with Gasteiger partial charge < -0.3 is 18.6 Å². The maximum Gasteiger partial charge on any atom is 0.494 e. The standard InChI is InChI=1S/C21H33BN2O4Si/c1-20(2)21(3,4)28-22(27-20)16-8-9-18-17(14-16)23-15-24(18)11-10-19(25)26-12-13-29(5,6)7/h8-9,14-15H,10-13H2,1-7H3. The third kappa shape index (κ3) is 5.10. The average molecular weight is 416 g/mol. The van der Waals surface area contributed by atoms with Crippen molar-refractivity contribution in [3.8, 4) is 0 Å². The van der Waals surface area contributed by atoms with Crippen LogP contribution in [0.5, 0.6) is 0 Å². The van der Waals surface area contributed by atoms with E-state index >= 15 is 0 Å². The Hall–Kier alpha value is -1.64. The SMILES string of the molecule is CC1(C)OB(c2ccc3c(c2)ncn3CCC(=O)OCC[Si](C)(C)C)OC1(C)C. The van der Waals surface area contributed by atoms with Crippen LogP contribution in [0.3, 0.4) is 0 Å². The summed E-state index contributed by atoms with van der Waals surface area (Å²) in [4.78, 5) is 16.5. The summed E-state index contributed by atoms with van der Waals surface area (Å²) in [6.07, 6.45) is 2.12. The highest BCUT2D eigenvalue weighted by Crippen LogP contribution is 2.36. The largest absolute Gasteiger partial charge is 0.494 e. The molecular formula is C21H33BN2O4Si. The van der Waals surface area contributed by atoms with E-state index in [0.717, 1.165) is 22.5 Å². The Bertz CT molecular complexity index is 872. The van der Waals surface area contributed by atoms with Crippen molar-refractivity contribution in [2.45, 2.75) is 77.5 Å². The summed E-state index contributed by atoms with van der Waals surface area (Å²) in [5, 5.41) is 0. The molecule has 0 unspecified atom stereocenters. The summed E-state index contributed by atoms with van der Waals surface area (Å²) in [6, 6.07) is 7.02. The van der Waals surface area contributed by atoms with Gasteiger partial charge in [0, 0.05) is 14.6 Å². The Morgan fingerprint density at radius 2 is 1.83 bits per heavy atom. The highest BCUT2D eigenvalue weighted by atomic mass is 28.3. The van der Waals surface area contributed by atoms with Gasteiger partial charge in [0.1, 0.15) is 0 Å². The van der Waals surface area contributed by atoms with Crippen LogP contribution in [0.15, 0.2) is 24.5 Å². The van der Waals surface area contributed by atoms with E-state index in [1.807, 2.05) is 50.5 Å². The number of benzene rings is 1. The lowest BCUT2D eigenvalue weighted by molar-refractivity contribution is -0.143. The molecule has 1 aromatic carbocycles. The van der Waals surface area contributed by atoms with Crippen molar-refractivity contribution in [3.63, 3.8) is 0 Å². The van der Waals surface area contributed by atoms with Gasteiger partial charge in [0.15, 0.2) is 0 Å². The second-order valence-electron chi connectivity index (χ2n) is 10.1. The zero-order valence-electron chi connectivity index (χ0n) is 18.7. The molecule has 1 saturated heterocycles. The number of aryl methyl sites for hydroxylation is 1. The number of aromatic nitrogens is 2. The summed E-state index contributed by atoms with van der Waals surface area (Å²) in [7, 11) is -1.59. The predicted molar refractivity (Wildman–Crippen MR) is 119 cm³/mol. The molecule has 0 bridgehead atoms. The Kier molecular flexibility index (Phi) is 6.00. The van der Waals surface area contributed by atoms with Gasteiger partial charge in [-0.1, -0.05) is 25.7 Å². The molecule has 0 radical (unpaired) electrons. The first-order chi connectivity index (χ1) is 13.4. The van der Waals surface area contributed by atoms with Crippen molar-refractivity contribution in [1.29, 1.82) is 0 Å². The first-order valence-corrected chi connectivity index (χ1v) is 14.0. The van der Waals surface area contributed by atoms with E-state index < -0.39 is 15.2 Å². The number of carbonyl (C=O) groups is 1. The van der Waals surface area contributed by atoms with Crippen LogP contribution in [0.4, 0.5) is 0 Å². The van der Waals surface area contributed by atoms with Gasteiger partial charge in [0.25, 0.3) is 0 Å². The zero-order valence-corrected chi connectivity index (χ0v) is 19.7. The topological polar surface area (TPSA) is 62.6 Å². The highest BCUT2D eigenvalue weighted by molar-refractivity contribution is 6.76. The molecule has 158 valence electrons. The summed E-state index contributed by atoms with van der Waals surface area (Å²) in [5.41, 5.74) is 2.06. The van der Waals surface area contributed by atoms with E-state index in [9.17, 15) is 4.79 Å². The second kappa shape index (κ2) is 7.89. The molecule has 1 aliphatic heterocycles. The number of esters is 1. The summed E-state index contributed by atoms with van der Waals surface area (Å²) in [6.45, 7) is 16.1. The molecule has 29 heavy (non-hydrogen) atoms. The molecule has 1 aromatic heterocycles. The molecule has 0 spiro atoms. The van der Waals surface area contributed by atoms with Crippen LogP contribution in [0.2, 0.25) is 25.7 Å². The van der Waals surface area contributed by atoms with E-state index in [-0.39, 0.29) is 17.2 Å². The van der Waals surface area contributed by atoms with Crippen LogP contribution in [-0.4, -0.2) is 48.5 Å². The average Bonchev–Trinajstić information content (AvgIpc) is 3.09. The Labute approximate surface area is 175 Å². The first-order valence-electron chi connectivity index (χ1n) is 10.3. The third-order valence-corrected chi connectivity index (χ3v) is 7.55. The zero-order chi connectivity index (χ0) is 21.4. The molecule has 3 rings (SSSR count). The summed E-state index contributed by atoms with van der Waals surface area (Å²) < 4.78 is 19.6. The van der Waals surface area contributed by atoms with Gasteiger partial charge in [-0.25, -0.2) is 4.98 Å². The van der Waals surface area contributed by atoms with Gasteiger partial charge in [-0.15, -0.1) is 0 Å². The van der Waals surface area contributed by atoms with Crippen molar-refractivity contribution < 1.29 is 18.8 Å². The van der Waals surface area contributed by atoms with Crippen molar-refractivity contribution in [1.82, 2.24) is 9.55 Å². The molecule has 2 aromatic rings. The lowest BCUT2D eigenvalue weighted by Crippen LogP contribution is -2.41. The van der Waals surface area contributed by atoms with Gasteiger partial charge >= 0.3 is 13.1 Å². The molecule has 0 atom stereocenters. The maximum absolute atomic E-state index is 12.0. The van der Waals surface area contributed by atoms with Crippen LogP contribution in [-0.2, 0) is 25.4 Å². The van der Waals surface area contributed by atoms with Gasteiger partial charge in [-0.2, -0.15) is 0 Å². The van der Waals surface area contributed by atoms with Crippen LogP contribution >= 0.6 is 0 Å². The van der Waals surface area contributed by atoms with E-state index in [4.69, 9.17) is 14.0 Å². The quantitative estimate of drug-likeness (QED) is 0.510. The molecule has 0 amide bonds. The van der Waals surface area contributed by atoms with Crippen molar-refractivity contribution in [2.24, 2.45) is 0 Å². The smallest absolute Gasteiger partial charge is 0.466 e. The molecule has 0 aliphatic carbocycles. The molecule has 1 fully saturated rings. The van der Waals surface area contributed by atoms with Crippen molar-refractivity contribution >= 4 is 37.7 Å². The fourth-order valence-electron chi connectivity index (χ4n) is 3.14. The predicted octanol–water partition coefficient (Wildman–Crippen LogP) is 3.61. The maximum atomic E-state index is 12.0. The third-order valence-electron chi connectivity index (χ3n) is 5.84. The van der Waals surface area contributed by atoms with E-state index in [2.05, 4.69) is 24.6 Å². The molecule has 0 N–H and O–H groups in total. The highest BCUT2D eigenvalue weighted by Gasteiger charge is 2.51. The van der Waals surface area contributed by atoms with Crippen LogP contribution in [0, 0.1) is 0 Å². The Morgan fingerprint density at radius 1 is 1.17 bits per heavy atom. The number of carbonyl (C=O) groups excluding carboxylic acids is 1. The number of nitrogens with zero attached hydrogens (tertiary/aromatic N) is 2. The Morgan fingerprint density at radius 3 is 2.45 bits per heavy atom. The van der Waals surface area contributed by atoms with Crippen molar-refractivity contribution in [3.05, 3.63) is 24.5 Å². The molecule has 6 nitrogen and oxygen atoms in total. The number of ether oxygens (including phenoxy) is 1. The molecule has 8 heteroatoms. The fourth-order valence-corrected chi connectivity index (χ4v) is 3.85. The lowest BCUT2D eigenvalue weighted by atomic mass is 9.79. The first kappa shape index (κ1) is 22.1.